The maximum absolute atomic E-state index is 12.8. The van der Waals surface area contributed by atoms with Gasteiger partial charge < -0.3 is 9.64 Å². The molecule has 0 atom stereocenters. The van der Waals surface area contributed by atoms with Gasteiger partial charge in [-0.15, -0.1) is 0 Å². The predicted octanol–water partition coefficient (Wildman–Crippen LogP) is 3.03. The van der Waals surface area contributed by atoms with E-state index in [1.807, 2.05) is 4.90 Å². The van der Waals surface area contributed by atoms with Crippen LogP contribution in [0.1, 0.15) is 5.56 Å². The Balaban J connectivity index is 1.45. The third-order valence-electron chi connectivity index (χ3n) is 5.92. The Morgan fingerprint density at radius 3 is 2.24 bits per heavy atom. The van der Waals surface area contributed by atoms with Crippen LogP contribution < -0.4 is 14.4 Å². The van der Waals surface area contributed by atoms with Crippen LogP contribution in [0.15, 0.2) is 65.7 Å². The Morgan fingerprint density at radius 1 is 0.973 bits per heavy atom. The van der Waals surface area contributed by atoms with Crippen molar-refractivity contribution in [2.24, 2.45) is 0 Å². The summed E-state index contributed by atoms with van der Waals surface area (Å²) in [6, 6.07) is 13.2. The average Bonchev–Trinajstić information content (AvgIpc) is 2.89. The number of piperazine rings is 1. The largest absolute Gasteiger partial charge is 0.481 e. The lowest BCUT2D eigenvalue weighted by Gasteiger charge is -2.35. The van der Waals surface area contributed by atoms with Crippen LogP contribution in [0.4, 0.5) is 22.7 Å². The van der Waals surface area contributed by atoms with E-state index in [9.17, 15) is 28.6 Å². The second kappa shape index (κ2) is 10.8. The van der Waals surface area contributed by atoms with Gasteiger partial charge in [0.2, 0.25) is 5.88 Å². The Morgan fingerprint density at radius 2 is 1.68 bits per heavy atom. The topological polar surface area (TPSA) is 161 Å². The molecule has 13 nitrogen and oxygen atoms in total. The standard InChI is InChI=1S/C23H24N6O7S/c1-36-23-9-4-18(15-24-23)25-37(34,35)20-7-8-21(22(14-20)29(32)33)27-12-10-26(11-13-27)16-17-2-5-19(6-3-17)28(30)31/h2-9,14-15,25H,10-13,16H2,1H3. The number of methoxy groups -OCH3 is 1. The summed E-state index contributed by atoms with van der Waals surface area (Å²) in [5.41, 5.74) is 1.18. The fraction of sp³-hybridized carbons (Fsp3) is 0.261. The highest BCUT2D eigenvalue weighted by molar-refractivity contribution is 7.92. The summed E-state index contributed by atoms with van der Waals surface area (Å²) in [6.07, 6.45) is 1.29. The highest BCUT2D eigenvalue weighted by Crippen LogP contribution is 2.32. The number of nitrogens with one attached hydrogen (secondary N) is 1. The zero-order chi connectivity index (χ0) is 26.6. The number of ether oxygens (including phenoxy) is 1. The molecule has 1 saturated heterocycles. The number of benzene rings is 2. The minimum Gasteiger partial charge on any atom is -0.481 e. The summed E-state index contributed by atoms with van der Waals surface area (Å²) in [7, 11) is -2.66. The van der Waals surface area contributed by atoms with Crippen LogP contribution in [-0.2, 0) is 16.6 Å². The molecular weight excluding hydrogens is 504 g/mol. The van der Waals surface area contributed by atoms with E-state index in [0.717, 1.165) is 11.6 Å². The van der Waals surface area contributed by atoms with Crippen LogP contribution in [0.5, 0.6) is 5.88 Å². The third kappa shape index (κ3) is 6.10. The smallest absolute Gasteiger partial charge is 0.293 e. The first-order chi connectivity index (χ1) is 17.7. The number of aromatic nitrogens is 1. The van der Waals surface area contributed by atoms with Gasteiger partial charge in [0, 0.05) is 57.0 Å². The van der Waals surface area contributed by atoms with Gasteiger partial charge in [0.25, 0.3) is 21.4 Å². The van der Waals surface area contributed by atoms with Gasteiger partial charge in [-0.3, -0.25) is 29.9 Å². The fourth-order valence-electron chi connectivity index (χ4n) is 3.99. The van der Waals surface area contributed by atoms with E-state index in [4.69, 9.17) is 4.74 Å². The fourth-order valence-corrected chi connectivity index (χ4v) is 5.05. The highest BCUT2D eigenvalue weighted by Gasteiger charge is 2.27. The van der Waals surface area contributed by atoms with E-state index in [-0.39, 0.29) is 22.0 Å². The Hall–Kier alpha value is -4.30. The lowest BCUT2D eigenvalue weighted by molar-refractivity contribution is -0.384. The molecule has 3 aromatic rings. The molecule has 0 saturated carbocycles. The van der Waals surface area contributed by atoms with Gasteiger partial charge in [0.05, 0.1) is 33.7 Å². The van der Waals surface area contributed by atoms with E-state index >= 15 is 0 Å². The molecule has 0 aliphatic carbocycles. The summed E-state index contributed by atoms with van der Waals surface area (Å²) in [5.74, 6) is 0.316. The molecule has 1 aliphatic heterocycles. The van der Waals surface area contributed by atoms with Gasteiger partial charge >= 0.3 is 0 Å². The first-order valence-corrected chi connectivity index (χ1v) is 12.7. The van der Waals surface area contributed by atoms with Gasteiger partial charge in [0.15, 0.2) is 0 Å². The number of nitro benzene ring substituents is 2. The number of hydrogen-bond acceptors (Lipinski definition) is 10. The number of pyridine rings is 1. The van der Waals surface area contributed by atoms with Gasteiger partial charge in [-0.1, -0.05) is 12.1 Å². The molecule has 2 aromatic carbocycles. The molecule has 0 radical (unpaired) electrons. The zero-order valence-electron chi connectivity index (χ0n) is 19.8. The summed E-state index contributed by atoms with van der Waals surface area (Å²) >= 11 is 0. The highest BCUT2D eigenvalue weighted by atomic mass is 32.2. The average molecular weight is 529 g/mol. The number of nitro groups is 2. The molecule has 2 heterocycles. The summed E-state index contributed by atoms with van der Waals surface area (Å²) in [4.78, 5) is 29.3. The second-order valence-corrected chi connectivity index (χ2v) is 9.97. The molecule has 1 aliphatic rings. The van der Waals surface area contributed by atoms with Crippen LogP contribution in [0.25, 0.3) is 0 Å². The molecule has 0 unspecified atom stereocenters. The van der Waals surface area contributed by atoms with E-state index in [0.29, 0.717) is 44.3 Å². The number of anilines is 2. The molecule has 0 amide bonds. The van der Waals surface area contributed by atoms with Crippen LogP contribution in [0.3, 0.4) is 0 Å². The van der Waals surface area contributed by atoms with E-state index in [1.54, 1.807) is 12.1 Å². The molecular formula is C23H24N6O7S. The van der Waals surface area contributed by atoms with Gasteiger partial charge in [0.1, 0.15) is 5.69 Å². The van der Waals surface area contributed by atoms with Crippen molar-refractivity contribution < 1.29 is 23.0 Å². The van der Waals surface area contributed by atoms with Crippen molar-refractivity contribution in [3.05, 3.63) is 86.6 Å². The van der Waals surface area contributed by atoms with Crippen molar-refractivity contribution in [3.8, 4) is 5.88 Å². The van der Waals surface area contributed by atoms with Crippen LogP contribution >= 0.6 is 0 Å². The SMILES string of the molecule is COc1ccc(NS(=O)(=O)c2ccc(N3CCN(Cc4ccc([N+](=O)[O-])cc4)CC3)c([N+](=O)[O-])c2)cn1. The zero-order valence-corrected chi connectivity index (χ0v) is 20.6. The van der Waals surface area contributed by atoms with Crippen molar-refractivity contribution in [1.29, 1.82) is 0 Å². The van der Waals surface area contributed by atoms with E-state index in [2.05, 4.69) is 14.6 Å². The monoisotopic (exact) mass is 528 g/mol. The molecule has 1 N–H and O–H groups in total. The van der Waals surface area contributed by atoms with Crippen molar-refractivity contribution in [2.75, 3.05) is 42.9 Å². The lowest BCUT2D eigenvalue weighted by atomic mass is 10.1. The number of rotatable bonds is 9. The van der Waals surface area contributed by atoms with Crippen molar-refractivity contribution in [1.82, 2.24) is 9.88 Å². The maximum atomic E-state index is 12.8. The molecule has 0 spiro atoms. The van der Waals surface area contributed by atoms with Crippen molar-refractivity contribution >= 4 is 32.8 Å². The van der Waals surface area contributed by atoms with Crippen molar-refractivity contribution in [3.63, 3.8) is 0 Å². The third-order valence-corrected chi connectivity index (χ3v) is 7.30. The van der Waals surface area contributed by atoms with Gasteiger partial charge in [-0.25, -0.2) is 13.4 Å². The van der Waals surface area contributed by atoms with Gasteiger partial charge in [-0.2, -0.15) is 0 Å². The molecule has 1 aromatic heterocycles. The van der Waals surface area contributed by atoms with E-state index < -0.39 is 19.9 Å². The van der Waals surface area contributed by atoms with Crippen molar-refractivity contribution in [2.45, 2.75) is 11.4 Å². The normalized spacial score (nSPS) is 14.2. The minimum atomic E-state index is -4.09. The second-order valence-electron chi connectivity index (χ2n) is 8.29. The van der Waals surface area contributed by atoms with Crippen LogP contribution in [0, 0.1) is 20.2 Å². The Bertz CT molecular complexity index is 1390. The first-order valence-electron chi connectivity index (χ1n) is 11.2. The molecule has 1 fully saturated rings. The number of hydrogen-bond donors (Lipinski definition) is 1. The summed E-state index contributed by atoms with van der Waals surface area (Å²) in [6.45, 7) is 2.81. The Kier molecular flexibility index (Phi) is 7.50. The molecule has 4 rings (SSSR count). The van der Waals surface area contributed by atoms with E-state index in [1.165, 1.54) is 49.7 Å². The predicted molar refractivity (Wildman–Crippen MR) is 135 cm³/mol. The Labute approximate surface area is 212 Å². The van der Waals surface area contributed by atoms with Crippen LogP contribution in [0.2, 0.25) is 0 Å². The van der Waals surface area contributed by atoms with Crippen LogP contribution in [-0.4, -0.2) is 61.4 Å². The number of nitrogens with zero attached hydrogens (tertiary/aromatic N) is 5. The summed E-state index contributed by atoms with van der Waals surface area (Å²) in [5, 5.41) is 22.7. The quantitative estimate of drug-likeness (QED) is 0.323. The first kappa shape index (κ1) is 25.8. The molecule has 14 heteroatoms. The maximum Gasteiger partial charge on any atom is 0.293 e. The lowest BCUT2D eigenvalue weighted by Crippen LogP contribution is -2.46. The number of sulfonamides is 1. The van der Waals surface area contributed by atoms with Gasteiger partial charge in [-0.05, 0) is 23.8 Å². The number of non-ortho nitro benzene ring substituents is 1. The minimum absolute atomic E-state index is 0.0298. The molecule has 37 heavy (non-hydrogen) atoms. The molecule has 194 valence electrons. The molecule has 0 bridgehead atoms. The summed E-state index contributed by atoms with van der Waals surface area (Å²) < 4.78 is 33.0.